The Bertz CT molecular complexity index is 1380. The molecule has 2 unspecified atom stereocenters. The van der Waals surface area contributed by atoms with E-state index >= 15 is 0 Å². The van der Waals surface area contributed by atoms with Gasteiger partial charge in [0.15, 0.2) is 0 Å². The van der Waals surface area contributed by atoms with Gasteiger partial charge in [0.05, 0.1) is 10.6 Å². The molecule has 3 aromatic rings. The Morgan fingerprint density at radius 3 is 2.23 bits per heavy atom. The zero-order valence-corrected chi connectivity index (χ0v) is 24.4. The molecule has 2 amide bonds. The van der Waals surface area contributed by atoms with Crippen LogP contribution in [-0.4, -0.2) is 43.8 Å². The monoisotopic (exact) mass is 569 g/mol. The lowest BCUT2D eigenvalue weighted by molar-refractivity contribution is -0.139. The Morgan fingerprint density at radius 1 is 0.923 bits per heavy atom. The lowest BCUT2D eigenvalue weighted by Crippen LogP contribution is -2.52. The van der Waals surface area contributed by atoms with Crippen molar-refractivity contribution in [1.29, 1.82) is 0 Å². The summed E-state index contributed by atoms with van der Waals surface area (Å²) in [6.45, 7) is 7.04. The molecule has 1 N–H and O–H groups in total. The topological polar surface area (TPSA) is 86.8 Å². The van der Waals surface area contributed by atoms with Crippen molar-refractivity contribution in [1.82, 2.24) is 10.2 Å². The van der Waals surface area contributed by atoms with Crippen LogP contribution >= 0.6 is 11.6 Å². The molecule has 0 aromatic heterocycles. The van der Waals surface area contributed by atoms with Crippen LogP contribution in [0.1, 0.15) is 45.2 Å². The molecule has 3 aromatic carbocycles. The summed E-state index contributed by atoms with van der Waals surface area (Å²) >= 11 is 6.19. The summed E-state index contributed by atoms with van der Waals surface area (Å²) in [6, 6.07) is 21.3. The quantitative estimate of drug-likeness (QED) is 0.315. The van der Waals surface area contributed by atoms with E-state index in [1.165, 1.54) is 17.0 Å². The lowest BCUT2D eigenvalue weighted by atomic mass is 10.1. The number of carbonyl (C=O) groups is 2. The number of carbonyl (C=O) groups excluding carboxylic acids is 2. The van der Waals surface area contributed by atoms with Crippen molar-refractivity contribution in [3.63, 3.8) is 0 Å². The molecule has 208 valence electrons. The van der Waals surface area contributed by atoms with E-state index in [1.54, 1.807) is 55.5 Å². The second-order valence-electron chi connectivity index (χ2n) is 9.45. The van der Waals surface area contributed by atoms with Gasteiger partial charge in [0.2, 0.25) is 11.8 Å². The molecule has 0 saturated carbocycles. The van der Waals surface area contributed by atoms with Crippen LogP contribution in [0.5, 0.6) is 0 Å². The SMILES string of the molecule is CCc1ccccc1N(CC(=O)N(Cc1cccc(Cl)c1)C(C)C(=O)NC(C)CC)S(=O)(=O)c1ccccc1. The predicted octanol–water partition coefficient (Wildman–Crippen LogP) is 5.43. The van der Waals surface area contributed by atoms with Crippen LogP contribution in [0.25, 0.3) is 0 Å². The zero-order chi connectivity index (χ0) is 28.6. The van der Waals surface area contributed by atoms with E-state index in [2.05, 4.69) is 5.32 Å². The molecule has 9 heteroatoms. The summed E-state index contributed by atoms with van der Waals surface area (Å²) in [6.07, 6.45) is 1.31. The first-order chi connectivity index (χ1) is 18.6. The molecule has 0 heterocycles. The number of aryl methyl sites for hydroxylation is 1. The van der Waals surface area contributed by atoms with E-state index in [-0.39, 0.29) is 23.4 Å². The number of halogens is 1. The fourth-order valence-electron chi connectivity index (χ4n) is 4.17. The third-order valence-corrected chi connectivity index (χ3v) is 8.67. The minimum absolute atomic E-state index is 0.0746. The van der Waals surface area contributed by atoms with Crippen molar-refractivity contribution in [2.75, 3.05) is 10.8 Å². The number of para-hydroxylation sites is 1. The number of hydrogen-bond donors (Lipinski definition) is 1. The Hall–Kier alpha value is -3.36. The fraction of sp³-hybridized carbons (Fsp3) is 0.333. The molecular formula is C30H36ClN3O4S. The summed E-state index contributed by atoms with van der Waals surface area (Å²) < 4.78 is 29.0. The third kappa shape index (κ3) is 7.61. The highest BCUT2D eigenvalue weighted by Crippen LogP contribution is 2.28. The van der Waals surface area contributed by atoms with Crippen LogP contribution in [0.2, 0.25) is 5.02 Å². The molecule has 0 spiro atoms. The highest BCUT2D eigenvalue weighted by molar-refractivity contribution is 7.92. The van der Waals surface area contributed by atoms with Gasteiger partial charge < -0.3 is 10.2 Å². The second-order valence-corrected chi connectivity index (χ2v) is 11.8. The summed E-state index contributed by atoms with van der Waals surface area (Å²) in [7, 11) is -4.10. The van der Waals surface area contributed by atoms with Gasteiger partial charge in [0.25, 0.3) is 10.0 Å². The molecule has 0 aliphatic carbocycles. The van der Waals surface area contributed by atoms with Crippen molar-refractivity contribution in [2.45, 2.75) is 64.1 Å². The van der Waals surface area contributed by atoms with Crippen molar-refractivity contribution in [2.24, 2.45) is 0 Å². The Balaban J connectivity index is 2.05. The maximum atomic E-state index is 14.0. The Kier molecular flexibility index (Phi) is 10.5. The zero-order valence-electron chi connectivity index (χ0n) is 22.8. The maximum Gasteiger partial charge on any atom is 0.264 e. The standard InChI is InChI=1S/C30H36ClN3O4S/c1-5-22(3)32-30(36)23(4)33(20-24-13-12-15-26(31)19-24)29(35)21-34(28-18-11-10-14-25(28)6-2)39(37,38)27-16-8-7-9-17-27/h7-19,22-23H,5-6,20-21H2,1-4H3,(H,32,36). The number of anilines is 1. The molecule has 7 nitrogen and oxygen atoms in total. The summed E-state index contributed by atoms with van der Waals surface area (Å²) in [5.41, 5.74) is 1.94. The third-order valence-electron chi connectivity index (χ3n) is 6.66. The second kappa shape index (κ2) is 13.6. The van der Waals surface area contributed by atoms with Crippen molar-refractivity contribution in [3.05, 3.63) is 95.0 Å². The highest BCUT2D eigenvalue weighted by Gasteiger charge is 2.33. The number of benzene rings is 3. The van der Waals surface area contributed by atoms with E-state index < -0.39 is 28.5 Å². The largest absolute Gasteiger partial charge is 0.352 e. The summed E-state index contributed by atoms with van der Waals surface area (Å²) in [5, 5.41) is 3.43. The molecule has 3 rings (SSSR count). The van der Waals surface area contributed by atoms with Gasteiger partial charge >= 0.3 is 0 Å². The predicted molar refractivity (Wildman–Crippen MR) is 156 cm³/mol. The molecule has 0 bridgehead atoms. The molecule has 0 fully saturated rings. The molecule has 0 aliphatic heterocycles. The van der Waals surface area contributed by atoms with Gasteiger partial charge in [-0.3, -0.25) is 13.9 Å². The fourth-order valence-corrected chi connectivity index (χ4v) is 5.85. The van der Waals surface area contributed by atoms with Crippen LogP contribution in [0.4, 0.5) is 5.69 Å². The number of nitrogens with one attached hydrogen (secondary N) is 1. The summed E-state index contributed by atoms with van der Waals surface area (Å²) in [5.74, 6) is -0.821. The first-order valence-electron chi connectivity index (χ1n) is 13.1. The maximum absolute atomic E-state index is 14.0. The molecular weight excluding hydrogens is 534 g/mol. The van der Waals surface area contributed by atoms with Crippen LogP contribution in [0.3, 0.4) is 0 Å². The Morgan fingerprint density at radius 2 is 1.59 bits per heavy atom. The number of sulfonamides is 1. The Labute approximate surface area is 236 Å². The number of hydrogen-bond acceptors (Lipinski definition) is 4. The number of amides is 2. The number of rotatable bonds is 12. The van der Waals surface area contributed by atoms with Gasteiger partial charge in [-0.05, 0) is 68.1 Å². The molecule has 0 saturated heterocycles. The molecule has 0 radical (unpaired) electrons. The van der Waals surface area contributed by atoms with E-state index in [1.807, 2.05) is 39.0 Å². The van der Waals surface area contributed by atoms with Crippen LogP contribution in [0, 0.1) is 0 Å². The van der Waals surface area contributed by atoms with Crippen LogP contribution < -0.4 is 9.62 Å². The van der Waals surface area contributed by atoms with Crippen molar-refractivity contribution >= 4 is 39.1 Å². The smallest absolute Gasteiger partial charge is 0.264 e. The lowest BCUT2D eigenvalue weighted by Gasteiger charge is -2.33. The normalized spacial score (nSPS) is 12.8. The van der Waals surface area contributed by atoms with Crippen LogP contribution in [0.15, 0.2) is 83.8 Å². The van der Waals surface area contributed by atoms with Gasteiger partial charge in [-0.1, -0.05) is 74.0 Å². The minimum atomic E-state index is -4.10. The first kappa shape index (κ1) is 30.2. The number of nitrogens with zero attached hydrogens (tertiary/aromatic N) is 2. The van der Waals surface area contributed by atoms with E-state index in [4.69, 9.17) is 11.6 Å². The van der Waals surface area contributed by atoms with E-state index in [9.17, 15) is 18.0 Å². The molecule has 39 heavy (non-hydrogen) atoms. The summed E-state index contributed by atoms with van der Waals surface area (Å²) in [4.78, 5) is 28.6. The van der Waals surface area contributed by atoms with Gasteiger partial charge in [0, 0.05) is 17.6 Å². The highest BCUT2D eigenvalue weighted by atomic mass is 35.5. The van der Waals surface area contributed by atoms with E-state index in [0.29, 0.717) is 17.1 Å². The van der Waals surface area contributed by atoms with Gasteiger partial charge in [-0.25, -0.2) is 8.42 Å². The molecule has 0 aliphatic rings. The average Bonchev–Trinajstić information content (AvgIpc) is 2.94. The van der Waals surface area contributed by atoms with Crippen LogP contribution in [-0.2, 0) is 32.6 Å². The van der Waals surface area contributed by atoms with Gasteiger partial charge in [-0.2, -0.15) is 0 Å². The average molecular weight is 570 g/mol. The van der Waals surface area contributed by atoms with E-state index in [0.717, 1.165) is 21.9 Å². The van der Waals surface area contributed by atoms with Crippen molar-refractivity contribution < 1.29 is 18.0 Å². The van der Waals surface area contributed by atoms with Gasteiger partial charge in [-0.15, -0.1) is 0 Å². The van der Waals surface area contributed by atoms with Gasteiger partial charge in [0.1, 0.15) is 12.6 Å². The first-order valence-corrected chi connectivity index (χ1v) is 14.9. The molecule has 2 atom stereocenters. The minimum Gasteiger partial charge on any atom is -0.352 e. The van der Waals surface area contributed by atoms with Crippen molar-refractivity contribution in [3.8, 4) is 0 Å².